The van der Waals surface area contributed by atoms with Crippen LogP contribution in [0.25, 0.3) is 0 Å². The van der Waals surface area contributed by atoms with Crippen LogP contribution in [0.4, 0.5) is 4.79 Å². The molecule has 2 saturated carbocycles. The molecule has 3 rings (SSSR count). The number of hydrogen-bond donors (Lipinski definition) is 1. The van der Waals surface area contributed by atoms with Gasteiger partial charge in [0.25, 0.3) is 0 Å². The molecule has 24 heavy (non-hydrogen) atoms. The Kier molecular flexibility index (Phi) is 4.33. The Bertz CT molecular complexity index is 525. The SMILES string of the molecule is CC(=O)N(C)C1CCN(C(=O)N[C@@H]2C[C@H]3CC[C@@]2(C)C3(C)C)CC1. The van der Waals surface area contributed by atoms with Crippen LogP contribution in [0.1, 0.15) is 59.8 Å². The first-order chi connectivity index (χ1) is 11.2. The summed E-state index contributed by atoms with van der Waals surface area (Å²) in [6, 6.07) is 0.662. The lowest BCUT2D eigenvalue weighted by molar-refractivity contribution is -0.130. The van der Waals surface area contributed by atoms with Crippen LogP contribution >= 0.6 is 0 Å². The van der Waals surface area contributed by atoms with E-state index in [1.807, 2.05) is 16.8 Å². The van der Waals surface area contributed by atoms with E-state index in [1.54, 1.807) is 6.92 Å². The predicted octanol–water partition coefficient (Wildman–Crippen LogP) is 2.85. The van der Waals surface area contributed by atoms with Gasteiger partial charge in [0, 0.05) is 39.1 Å². The quantitative estimate of drug-likeness (QED) is 0.843. The Balaban J connectivity index is 1.55. The lowest BCUT2D eigenvalue weighted by atomic mass is 9.69. The number of nitrogens with zero attached hydrogens (tertiary/aromatic N) is 2. The highest BCUT2D eigenvalue weighted by molar-refractivity contribution is 5.75. The van der Waals surface area contributed by atoms with Crippen molar-refractivity contribution in [2.24, 2.45) is 16.7 Å². The number of piperidine rings is 1. The average Bonchev–Trinajstić information content (AvgIpc) is 2.87. The standard InChI is InChI=1S/C19H33N3O2/c1-13(23)21(5)15-7-10-22(11-8-15)17(24)20-16-12-14-6-9-19(16,4)18(14,2)3/h14-16H,6-12H2,1-5H3,(H,20,24)/t14-,16-,19-/m1/s1. The zero-order valence-corrected chi connectivity index (χ0v) is 15.9. The molecule has 5 nitrogen and oxygen atoms in total. The smallest absolute Gasteiger partial charge is 0.317 e. The zero-order chi connectivity index (χ0) is 17.7. The van der Waals surface area contributed by atoms with Crippen molar-refractivity contribution in [1.29, 1.82) is 0 Å². The molecule has 3 amide bonds. The highest BCUT2D eigenvalue weighted by atomic mass is 16.2. The minimum Gasteiger partial charge on any atom is -0.343 e. The number of carbonyl (C=O) groups excluding carboxylic acids is 2. The molecule has 3 fully saturated rings. The summed E-state index contributed by atoms with van der Waals surface area (Å²) in [6.07, 6.45) is 5.40. The van der Waals surface area contributed by atoms with Crippen molar-refractivity contribution in [3.63, 3.8) is 0 Å². The minimum atomic E-state index is 0.0912. The topological polar surface area (TPSA) is 52.7 Å². The Morgan fingerprint density at radius 3 is 2.21 bits per heavy atom. The number of amides is 3. The van der Waals surface area contributed by atoms with Crippen molar-refractivity contribution >= 4 is 11.9 Å². The number of hydrogen-bond acceptors (Lipinski definition) is 2. The van der Waals surface area contributed by atoms with Crippen LogP contribution in [0, 0.1) is 16.7 Å². The van der Waals surface area contributed by atoms with Crippen molar-refractivity contribution in [2.75, 3.05) is 20.1 Å². The Labute approximate surface area is 146 Å². The van der Waals surface area contributed by atoms with Gasteiger partial charge >= 0.3 is 6.03 Å². The van der Waals surface area contributed by atoms with E-state index in [0.29, 0.717) is 11.5 Å². The van der Waals surface area contributed by atoms with E-state index in [2.05, 4.69) is 26.1 Å². The molecule has 1 N–H and O–H groups in total. The largest absolute Gasteiger partial charge is 0.343 e. The summed E-state index contributed by atoms with van der Waals surface area (Å²) in [5.41, 5.74) is 0.544. The summed E-state index contributed by atoms with van der Waals surface area (Å²) in [4.78, 5) is 28.0. The maximum Gasteiger partial charge on any atom is 0.317 e. The first-order valence-electron chi connectivity index (χ1n) is 9.45. The van der Waals surface area contributed by atoms with Crippen LogP contribution in [0.2, 0.25) is 0 Å². The Morgan fingerprint density at radius 1 is 1.12 bits per heavy atom. The second-order valence-corrected chi connectivity index (χ2v) is 8.96. The molecule has 0 radical (unpaired) electrons. The summed E-state index contributed by atoms with van der Waals surface area (Å²) in [7, 11) is 1.86. The molecule has 0 aromatic carbocycles. The summed E-state index contributed by atoms with van der Waals surface area (Å²) < 4.78 is 0. The van der Waals surface area contributed by atoms with Crippen molar-refractivity contribution in [3.8, 4) is 0 Å². The second-order valence-electron chi connectivity index (χ2n) is 8.96. The van der Waals surface area contributed by atoms with Gasteiger partial charge in [-0.15, -0.1) is 0 Å². The molecule has 2 bridgehead atoms. The van der Waals surface area contributed by atoms with Crippen LogP contribution in [-0.2, 0) is 4.79 Å². The van der Waals surface area contributed by atoms with E-state index in [4.69, 9.17) is 0 Å². The third-order valence-corrected chi connectivity index (χ3v) is 7.89. The van der Waals surface area contributed by atoms with E-state index in [-0.39, 0.29) is 23.4 Å². The first-order valence-corrected chi connectivity index (χ1v) is 9.45. The molecular formula is C19H33N3O2. The van der Waals surface area contributed by atoms with Crippen LogP contribution in [-0.4, -0.2) is 54.0 Å². The number of rotatable bonds is 2. The number of nitrogens with one attached hydrogen (secondary N) is 1. The maximum absolute atomic E-state index is 12.7. The van der Waals surface area contributed by atoms with Gasteiger partial charge in [-0.1, -0.05) is 20.8 Å². The molecule has 0 unspecified atom stereocenters. The third-order valence-electron chi connectivity index (χ3n) is 7.89. The fraction of sp³-hybridized carbons (Fsp3) is 0.895. The lowest BCUT2D eigenvalue weighted by Gasteiger charge is -2.41. The number of fused-ring (bicyclic) bond motifs is 2. The summed E-state index contributed by atoms with van der Waals surface area (Å²) in [6.45, 7) is 10.2. The molecule has 1 heterocycles. The summed E-state index contributed by atoms with van der Waals surface area (Å²) >= 11 is 0. The van der Waals surface area contributed by atoms with Gasteiger partial charge in [0.05, 0.1) is 0 Å². The molecule has 0 aromatic heterocycles. The molecule has 3 aliphatic rings. The van der Waals surface area contributed by atoms with Gasteiger partial charge in [-0.05, 0) is 48.9 Å². The fourth-order valence-electron chi connectivity index (χ4n) is 5.38. The van der Waals surface area contributed by atoms with Crippen LogP contribution in [0.3, 0.4) is 0 Å². The average molecular weight is 335 g/mol. The van der Waals surface area contributed by atoms with Crippen LogP contribution < -0.4 is 5.32 Å². The molecule has 2 aliphatic carbocycles. The van der Waals surface area contributed by atoms with Crippen molar-refractivity contribution in [1.82, 2.24) is 15.1 Å². The molecule has 0 aromatic rings. The van der Waals surface area contributed by atoms with E-state index >= 15 is 0 Å². The van der Waals surface area contributed by atoms with Crippen LogP contribution in [0.5, 0.6) is 0 Å². The monoisotopic (exact) mass is 335 g/mol. The molecule has 1 saturated heterocycles. The van der Waals surface area contributed by atoms with Gasteiger partial charge in [0.2, 0.25) is 5.91 Å². The Hall–Kier alpha value is -1.26. The van der Waals surface area contributed by atoms with Crippen molar-refractivity contribution in [2.45, 2.75) is 71.9 Å². The molecule has 3 atom stereocenters. The molecule has 5 heteroatoms. The Morgan fingerprint density at radius 2 is 1.75 bits per heavy atom. The normalized spacial score (nSPS) is 35.1. The molecule has 0 spiro atoms. The third kappa shape index (κ3) is 2.60. The minimum absolute atomic E-state index is 0.0912. The zero-order valence-electron chi connectivity index (χ0n) is 15.9. The van der Waals surface area contributed by atoms with Gasteiger partial charge in [0.15, 0.2) is 0 Å². The van der Waals surface area contributed by atoms with Gasteiger partial charge < -0.3 is 15.1 Å². The van der Waals surface area contributed by atoms with Crippen molar-refractivity contribution in [3.05, 3.63) is 0 Å². The number of carbonyl (C=O) groups is 2. The van der Waals surface area contributed by atoms with Gasteiger partial charge in [0.1, 0.15) is 0 Å². The van der Waals surface area contributed by atoms with E-state index < -0.39 is 0 Å². The second kappa shape index (κ2) is 5.92. The number of urea groups is 1. The lowest BCUT2D eigenvalue weighted by Crippen LogP contribution is -2.54. The van der Waals surface area contributed by atoms with Gasteiger partial charge in [-0.3, -0.25) is 4.79 Å². The summed E-state index contributed by atoms with van der Waals surface area (Å²) in [5, 5.41) is 3.35. The van der Waals surface area contributed by atoms with E-state index in [0.717, 1.165) is 38.3 Å². The molecule has 1 aliphatic heterocycles. The van der Waals surface area contributed by atoms with Crippen molar-refractivity contribution < 1.29 is 9.59 Å². The van der Waals surface area contributed by atoms with Crippen LogP contribution in [0.15, 0.2) is 0 Å². The van der Waals surface area contributed by atoms with Gasteiger partial charge in [-0.2, -0.15) is 0 Å². The van der Waals surface area contributed by atoms with E-state index in [1.165, 1.54) is 12.8 Å². The highest BCUT2D eigenvalue weighted by Crippen LogP contribution is 2.65. The highest BCUT2D eigenvalue weighted by Gasteiger charge is 2.61. The first kappa shape index (κ1) is 17.6. The molecule has 136 valence electrons. The summed E-state index contributed by atoms with van der Waals surface area (Å²) in [5.74, 6) is 0.845. The maximum atomic E-state index is 12.7. The van der Waals surface area contributed by atoms with E-state index in [9.17, 15) is 9.59 Å². The fourth-order valence-corrected chi connectivity index (χ4v) is 5.38. The predicted molar refractivity (Wildman–Crippen MR) is 94.6 cm³/mol. The van der Waals surface area contributed by atoms with Gasteiger partial charge in [-0.25, -0.2) is 4.79 Å². The number of likely N-dealkylation sites (tertiary alicyclic amines) is 1. The molecular weight excluding hydrogens is 302 g/mol.